The zero-order chi connectivity index (χ0) is 10.6. The number of nitrogens with one attached hydrogen (secondary N) is 1. The summed E-state index contributed by atoms with van der Waals surface area (Å²) in [6.45, 7) is 2.00. The normalized spacial score (nSPS) is 12.2. The van der Waals surface area contributed by atoms with Crippen LogP contribution in [0.1, 0.15) is 13.3 Å². The quantitative estimate of drug-likeness (QED) is 0.603. The van der Waals surface area contributed by atoms with E-state index in [0.717, 1.165) is 6.42 Å². The molecule has 5 heteroatoms. The fourth-order valence-corrected chi connectivity index (χ4v) is 1.54. The van der Waals surface area contributed by atoms with Crippen LogP contribution in [0.15, 0.2) is 0 Å². The lowest BCUT2D eigenvalue weighted by atomic mass is 10.2. The molecule has 78 valence electrons. The largest absolute Gasteiger partial charge is 0.352 e. The summed E-state index contributed by atoms with van der Waals surface area (Å²) in [5.41, 5.74) is 5.13. The lowest BCUT2D eigenvalue weighted by molar-refractivity contribution is -0.0199. The Morgan fingerprint density at radius 1 is 1.31 bits per heavy atom. The molecular formula is C8H20N4O. The zero-order valence-electron chi connectivity index (χ0n) is 9.09. The summed E-state index contributed by atoms with van der Waals surface area (Å²) >= 11 is 0. The van der Waals surface area contributed by atoms with Crippen LogP contribution in [0, 0.1) is 0 Å². The zero-order valence-corrected chi connectivity index (χ0v) is 9.09. The lowest BCUT2D eigenvalue weighted by Crippen LogP contribution is -2.66. The summed E-state index contributed by atoms with van der Waals surface area (Å²) in [5.74, 6) is -0.494. The van der Waals surface area contributed by atoms with E-state index in [4.69, 9.17) is 5.73 Å². The van der Waals surface area contributed by atoms with Crippen molar-refractivity contribution in [3.8, 4) is 0 Å². The average molecular weight is 188 g/mol. The van der Waals surface area contributed by atoms with Gasteiger partial charge in [0.2, 0.25) is 0 Å². The standard InChI is InChI=1S/C8H20N4O/c1-6-8(11(2)3,12(4)5)10-7(9)13/h6H2,1-5H3,(H3,9,10,13). The monoisotopic (exact) mass is 188 g/mol. The highest BCUT2D eigenvalue weighted by atomic mass is 16.2. The Labute approximate surface area is 79.9 Å². The van der Waals surface area contributed by atoms with Gasteiger partial charge in [-0.1, -0.05) is 6.92 Å². The van der Waals surface area contributed by atoms with Crippen LogP contribution >= 0.6 is 0 Å². The molecule has 0 aromatic rings. The minimum Gasteiger partial charge on any atom is -0.352 e. The minimum absolute atomic E-state index is 0.494. The molecule has 0 aliphatic carbocycles. The molecule has 0 fully saturated rings. The molecule has 13 heavy (non-hydrogen) atoms. The molecule has 0 heterocycles. The molecule has 0 radical (unpaired) electrons. The van der Waals surface area contributed by atoms with Crippen molar-refractivity contribution in [1.82, 2.24) is 15.1 Å². The highest BCUT2D eigenvalue weighted by Gasteiger charge is 2.34. The third-order valence-electron chi connectivity index (χ3n) is 2.30. The van der Waals surface area contributed by atoms with Gasteiger partial charge in [-0.2, -0.15) is 0 Å². The van der Waals surface area contributed by atoms with E-state index in [1.54, 1.807) is 0 Å². The van der Waals surface area contributed by atoms with Crippen molar-refractivity contribution in [2.24, 2.45) is 5.73 Å². The SMILES string of the molecule is CCC(NC(N)=O)(N(C)C)N(C)C. The van der Waals surface area contributed by atoms with Crippen LogP contribution in [0.3, 0.4) is 0 Å². The van der Waals surface area contributed by atoms with E-state index >= 15 is 0 Å². The summed E-state index contributed by atoms with van der Waals surface area (Å²) in [6, 6.07) is -0.510. The van der Waals surface area contributed by atoms with Gasteiger partial charge in [0.1, 0.15) is 0 Å². The van der Waals surface area contributed by atoms with E-state index in [2.05, 4.69) is 5.32 Å². The van der Waals surface area contributed by atoms with Gasteiger partial charge < -0.3 is 11.1 Å². The second-order valence-corrected chi connectivity index (χ2v) is 3.45. The second-order valence-electron chi connectivity index (χ2n) is 3.45. The third-order valence-corrected chi connectivity index (χ3v) is 2.30. The maximum Gasteiger partial charge on any atom is 0.314 e. The van der Waals surface area contributed by atoms with Gasteiger partial charge in [-0.3, -0.25) is 9.80 Å². The van der Waals surface area contributed by atoms with Crippen molar-refractivity contribution in [1.29, 1.82) is 0 Å². The summed E-state index contributed by atoms with van der Waals surface area (Å²) in [7, 11) is 7.61. The predicted octanol–water partition coefficient (Wildman–Crippen LogP) is -0.158. The van der Waals surface area contributed by atoms with Gasteiger partial charge in [0.05, 0.1) is 0 Å². The van der Waals surface area contributed by atoms with Gasteiger partial charge in [0.15, 0.2) is 5.79 Å². The smallest absolute Gasteiger partial charge is 0.314 e. The van der Waals surface area contributed by atoms with E-state index < -0.39 is 11.8 Å². The van der Waals surface area contributed by atoms with Gasteiger partial charge in [-0.25, -0.2) is 4.79 Å². The van der Waals surface area contributed by atoms with Gasteiger partial charge in [0.25, 0.3) is 0 Å². The molecule has 0 saturated carbocycles. The fourth-order valence-electron chi connectivity index (χ4n) is 1.54. The van der Waals surface area contributed by atoms with E-state index in [1.807, 2.05) is 44.9 Å². The van der Waals surface area contributed by atoms with Crippen LogP contribution in [0.4, 0.5) is 4.79 Å². The summed E-state index contributed by atoms with van der Waals surface area (Å²) in [6.07, 6.45) is 0.760. The van der Waals surface area contributed by atoms with Crippen molar-refractivity contribution < 1.29 is 4.79 Å². The molecule has 2 amide bonds. The average Bonchev–Trinajstić information content (AvgIpc) is 1.98. The maximum atomic E-state index is 10.8. The molecular weight excluding hydrogens is 168 g/mol. The van der Waals surface area contributed by atoms with Crippen molar-refractivity contribution in [3.05, 3.63) is 0 Å². The topological polar surface area (TPSA) is 61.6 Å². The number of carbonyl (C=O) groups excluding carboxylic acids is 1. The van der Waals surface area contributed by atoms with E-state index in [0.29, 0.717) is 0 Å². The number of amides is 2. The molecule has 0 bridgehead atoms. The number of urea groups is 1. The van der Waals surface area contributed by atoms with Crippen molar-refractivity contribution in [2.75, 3.05) is 28.2 Å². The molecule has 0 aliphatic rings. The van der Waals surface area contributed by atoms with Crippen LogP contribution in [-0.4, -0.2) is 49.8 Å². The lowest BCUT2D eigenvalue weighted by Gasteiger charge is -2.44. The number of carbonyl (C=O) groups is 1. The van der Waals surface area contributed by atoms with Crippen LogP contribution in [0.25, 0.3) is 0 Å². The first-order valence-corrected chi connectivity index (χ1v) is 4.29. The molecule has 0 spiro atoms. The molecule has 0 aromatic heterocycles. The van der Waals surface area contributed by atoms with Gasteiger partial charge >= 0.3 is 6.03 Å². The number of rotatable bonds is 4. The minimum atomic E-state index is -0.510. The first-order chi connectivity index (χ1) is 5.86. The Hall–Kier alpha value is -0.810. The number of hydrogen-bond donors (Lipinski definition) is 2. The van der Waals surface area contributed by atoms with E-state index in [9.17, 15) is 4.79 Å². The number of nitrogens with two attached hydrogens (primary N) is 1. The fraction of sp³-hybridized carbons (Fsp3) is 0.875. The number of primary amides is 1. The van der Waals surface area contributed by atoms with Gasteiger partial charge in [-0.05, 0) is 34.6 Å². The summed E-state index contributed by atoms with van der Waals surface area (Å²) in [5, 5.41) is 2.73. The molecule has 0 aliphatic heterocycles. The Kier molecular flexibility index (Phi) is 4.16. The van der Waals surface area contributed by atoms with Crippen LogP contribution in [-0.2, 0) is 0 Å². The van der Waals surface area contributed by atoms with Crippen LogP contribution in [0.2, 0.25) is 0 Å². The molecule has 5 nitrogen and oxygen atoms in total. The third kappa shape index (κ3) is 2.57. The molecule has 0 rings (SSSR count). The molecule has 0 atom stereocenters. The highest BCUT2D eigenvalue weighted by molar-refractivity contribution is 5.72. The number of nitrogens with zero attached hydrogens (tertiary/aromatic N) is 2. The first-order valence-electron chi connectivity index (χ1n) is 4.29. The second kappa shape index (κ2) is 4.43. The Morgan fingerprint density at radius 3 is 1.77 bits per heavy atom. The van der Waals surface area contributed by atoms with E-state index in [-0.39, 0.29) is 0 Å². The van der Waals surface area contributed by atoms with Crippen molar-refractivity contribution >= 4 is 6.03 Å². The molecule has 3 N–H and O–H groups in total. The highest BCUT2D eigenvalue weighted by Crippen LogP contribution is 2.15. The van der Waals surface area contributed by atoms with Crippen molar-refractivity contribution in [3.63, 3.8) is 0 Å². The Balaban J connectivity index is 4.75. The Bertz CT molecular complexity index is 171. The first kappa shape index (κ1) is 12.2. The molecule has 0 unspecified atom stereocenters. The summed E-state index contributed by atoms with van der Waals surface area (Å²) < 4.78 is 0. The van der Waals surface area contributed by atoms with Crippen LogP contribution in [0.5, 0.6) is 0 Å². The van der Waals surface area contributed by atoms with Gasteiger partial charge in [-0.15, -0.1) is 0 Å². The molecule has 0 aromatic carbocycles. The predicted molar refractivity (Wildman–Crippen MR) is 53.1 cm³/mol. The van der Waals surface area contributed by atoms with Crippen LogP contribution < -0.4 is 11.1 Å². The van der Waals surface area contributed by atoms with Crippen molar-refractivity contribution in [2.45, 2.75) is 19.1 Å². The van der Waals surface area contributed by atoms with Gasteiger partial charge in [0, 0.05) is 0 Å². The molecule has 0 saturated heterocycles. The van der Waals surface area contributed by atoms with E-state index in [1.165, 1.54) is 0 Å². The number of hydrogen-bond acceptors (Lipinski definition) is 3. The summed E-state index contributed by atoms with van der Waals surface area (Å²) in [4.78, 5) is 14.7. The maximum absolute atomic E-state index is 10.8. The Morgan fingerprint density at radius 2 is 1.69 bits per heavy atom.